The maximum Gasteiger partial charge on any atom is 1.00 e. The van der Waals surface area contributed by atoms with Gasteiger partial charge in [-0.25, -0.2) is 4.79 Å². The summed E-state index contributed by atoms with van der Waals surface area (Å²) in [5.41, 5.74) is -0.578. The number of amides is 2. The Kier molecular flexibility index (Phi) is 6.81. The molecule has 2 aliphatic rings. The number of rotatable bonds is 7. The maximum atomic E-state index is 11.6. The van der Waals surface area contributed by atoms with Crippen molar-refractivity contribution in [2.24, 2.45) is 15.2 Å². The summed E-state index contributed by atoms with van der Waals surface area (Å²) in [5.74, 6) is -4.30. The van der Waals surface area contributed by atoms with Crippen molar-refractivity contribution in [3.63, 3.8) is 0 Å². The monoisotopic (exact) mass is 384 g/mol. The summed E-state index contributed by atoms with van der Waals surface area (Å²) in [6.07, 6.45) is -0.501. The summed E-state index contributed by atoms with van der Waals surface area (Å²) in [4.78, 5) is 42.4. The van der Waals surface area contributed by atoms with E-state index in [0.29, 0.717) is 6.42 Å². The van der Waals surface area contributed by atoms with Crippen LogP contribution in [0.5, 0.6) is 0 Å². The first-order chi connectivity index (χ1) is 11.0. The van der Waals surface area contributed by atoms with Crippen molar-refractivity contribution >= 4 is 33.8 Å². The van der Waals surface area contributed by atoms with Crippen LogP contribution < -0.4 is 34.7 Å². The van der Waals surface area contributed by atoms with Gasteiger partial charge in [0.1, 0.15) is 6.54 Å². The van der Waals surface area contributed by atoms with Crippen LogP contribution in [0, 0.1) is 0 Å². The van der Waals surface area contributed by atoms with Crippen LogP contribution in [-0.2, 0) is 29.3 Å². The first-order valence-corrected chi connectivity index (χ1v) is 8.20. The summed E-state index contributed by atoms with van der Waals surface area (Å²) < 4.78 is 30.7. The Morgan fingerprint density at radius 2 is 2.08 bits per heavy atom. The van der Waals surface area contributed by atoms with Crippen molar-refractivity contribution < 1.29 is 66.9 Å². The van der Waals surface area contributed by atoms with E-state index in [1.165, 1.54) is 0 Å². The topological polar surface area (TPSA) is 178 Å². The van der Waals surface area contributed by atoms with Gasteiger partial charge in [-0.1, -0.05) is 0 Å². The fourth-order valence-corrected chi connectivity index (χ4v) is 2.51. The zero-order chi connectivity index (χ0) is 18.1. The Hall–Kier alpha value is -1.41. The van der Waals surface area contributed by atoms with Crippen molar-refractivity contribution in [2.45, 2.75) is 37.1 Å². The molecule has 1 fully saturated rings. The third-order valence-corrected chi connectivity index (χ3v) is 4.34. The normalized spacial score (nSPS) is 21.9. The molecule has 2 heterocycles. The molecule has 2 rings (SSSR count). The Morgan fingerprint density at radius 1 is 1.48 bits per heavy atom. The van der Waals surface area contributed by atoms with Crippen LogP contribution in [0.4, 0.5) is 0 Å². The first kappa shape index (κ1) is 21.6. The van der Waals surface area contributed by atoms with Gasteiger partial charge in [0.25, 0.3) is 21.9 Å². The number of carbonyl (C=O) groups excluding carboxylic acids is 3. The van der Waals surface area contributed by atoms with Crippen LogP contribution in [-0.4, -0.2) is 59.2 Å². The van der Waals surface area contributed by atoms with E-state index >= 15 is 0 Å². The van der Waals surface area contributed by atoms with Gasteiger partial charge in [-0.3, -0.25) is 19.1 Å². The second kappa shape index (κ2) is 7.86. The maximum absolute atomic E-state index is 11.6. The van der Waals surface area contributed by atoms with Crippen molar-refractivity contribution in [2.75, 3.05) is 6.54 Å². The molecule has 0 saturated carbocycles. The smallest absolute Gasteiger partial charge is 0.862 e. The summed E-state index contributed by atoms with van der Waals surface area (Å²) >= 11 is 0. The van der Waals surface area contributed by atoms with Gasteiger partial charge in [0.2, 0.25) is 0 Å². The molecule has 25 heavy (non-hydrogen) atoms. The molecule has 0 aromatic carbocycles. The molecule has 0 aromatic rings. The van der Waals surface area contributed by atoms with E-state index in [1.54, 1.807) is 6.92 Å². The molecule has 0 aromatic heterocycles. The number of hydroxylamine groups is 2. The summed E-state index contributed by atoms with van der Waals surface area (Å²) in [6, 6.07) is 0. The molecular formula is C11H13N4NaO8S. The zero-order valence-electron chi connectivity index (χ0n) is 13.4. The van der Waals surface area contributed by atoms with Gasteiger partial charge >= 0.3 is 35.5 Å². The van der Waals surface area contributed by atoms with E-state index in [0.717, 1.165) is 0 Å². The molecule has 0 bridgehead atoms. The molecule has 12 nitrogen and oxygen atoms in total. The molecule has 132 valence electrons. The molecule has 0 spiro atoms. The zero-order valence-corrected chi connectivity index (χ0v) is 16.2. The van der Waals surface area contributed by atoms with Crippen LogP contribution in [0.15, 0.2) is 15.2 Å². The van der Waals surface area contributed by atoms with Gasteiger partial charge in [-0.15, -0.1) is 5.06 Å². The molecule has 0 radical (unpaired) electrons. The van der Waals surface area contributed by atoms with E-state index < -0.39 is 57.7 Å². The fourth-order valence-electron chi connectivity index (χ4n) is 1.80. The Balaban J connectivity index is 0.00000312. The Labute approximate surface area is 164 Å². The summed E-state index contributed by atoms with van der Waals surface area (Å²) in [5, 5.41) is 16.8. The number of aliphatic imine (C=N–C) groups is 1. The van der Waals surface area contributed by atoms with Gasteiger partial charge < -0.3 is 9.94 Å². The number of nitrogens with zero attached hydrogens (tertiary/aromatic N) is 4. The van der Waals surface area contributed by atoms with Crippen LogP contribution in [0.25, 0.3) is 0 Å². The second-order valence-electron chi connectivity index (χ2n) is 5.32. The molecule has 1 atom stereocenters. The Bertz CT molecular complexity index is 743. The van der Waals surface area contributed by atoms with Crippen LogP contribution in [0.1, 0.15) is 26.2 Å². The molecule has 1 N–H and O–H groups in total. The molecular weight excluding hydrogens is 371 g/mol. The molecule has 0 aliphatic carbocycles. The Morgan fingerprint density at radius 3 is 2.56 bits per heavy atom. The molecule has 1 saturated heterocycles. The SMILES string of the molecule is CC1(CCC([O-])=NCC(=O)ON2C(=O)CC(S(=O)(=O)O)C2=O)N=N1.[Na+]. The predicted molar refractivity (Wildman–Crippen MR) is 72.7 cm³/mol. The minimum Gasteiger partial charge on any atom is -0.862 e. The minimum atomic E-state index is -4.79. The molecule has 2 amide bonds. The average molecular weight is 384 g/mol. The second-order valence-corrected chi connectivity index (χ2v) is 6.92. The van der Waals surface area contributed by atoms with Crippen LogP contribution >= 0.6 is 0 Å². The molecule has 14 heteroatoms. The standard InChI is InChI=1S/C11H14N4O8S.Na/c1-11(13-14-11)3-2-7(16)12-5-9(18)23-15-8(17)4-6(10(15)19)24(20,21)22;/h6H,2-5H2,1H3,(H,12,16)(H,20,21,22);/q;+1/p-1. The summed E-state index contributed by atoms with van der Waals surface area (Å²) in [7, 11) is -4.79. The van der Waals surface area contributed by atoms with Gasteiger partial charge in [-0.05, 0) is 19.2 Å². The van der Waals surface area contributed by atoms with Crippen molar-refractivity contribution in [3.8, 4) is 0 Å². The van der Waals surface area contributed by atoms with Gasteiger partial charge in [0.05, 0.1) is 6.42 Å². The van der Waals surface area contributed by atoms with Gasteiger partial charge in [0.15, 0.2) is 10.9 Å². The third-order valence-electron chi connectivity index (χ3n) is 3.25. The molecule has 1 unspecified atom stereocenters. The largest absolute Gasteiger partial charge is 1.00 e. The van der Waals surface area contributed by atoms with Crippen molar-refractivity contribution in [1.29, 1.82) is 0 Å². The number of imide groups is 1. The van der Waals surface area contributed by atoms with Crippen molar-refractivity contribution in [1.82, 2.24) is 5.06 Å². The van der Waals surface area contributed by atoms with Gasteiger partial charge in [0, 0.05) is 6.42 Å². The number of hydrogen-bond donors (Lipinski definition) is 1. The number of hydrogen-bond acceptors (Lipinski definition) is 10. The average Bonchev–Trinajstić information content (AvgIpc) is 3.15. The number of carbonyl (C=O) groups is 3. The van der Waals surface area contributed by atoms with Crippen LogP contribution in [0.3, 0.4) is 0 Å². The van der Waals surface area contributed by atoms with Crippen molar-refractivity contribution in [3.05, 3.63) is 0 Å². The quantitative estimate of drug-likeness (QED) is 0.149. The van der Waals surface area contributed by atoms with Gasteiger partial charge in [-0.2, -0.15) is 18.6 Å². The van der Waals surface area contributed by atoms with E-state index in [1.807, 2.05) is 0 Å². The van der Waals surface area contributed by atoms with E-state index in [-0.39, 0.29) is 41.0 Å². The first-order valence-electron chi connectivity index (χ1n) is 6.70. The fraction of sp³-hybridized carbons (Fsp3) is 0.636. The minimum absolute atomic E-state index is 0. The van der Waals surface area contributed by atoms with Crippen LogP contribution in [0.2, 0.25) is 0 Å². The third kappa shape index (κ3) is 5.81. The van der Waals surface area contributed by atoms with E-state index in [9.17, 15) is 27.9 Å². The molecule has 2 aliphatic heterocycles. The summed E-state index contributed by atoms with van der Waals surface area (Å²) in [6.45, 7) is 0.961. The predicted octanol–water partition coefficient (Wildman–Crippen LogP) is -4.82. The van der Waals surface area contributed by atoms with E-state index in [2.05, 4.69) is 20.1 Å². The van der Waals surface area contributed by atoms with E-state index in [4.69, 9.17) is 4.55 Å².